The summed E-state index contributed by atoms with van der Waals surface area (Å²) in [4.78, 5) is 24.9. The molecule has 3 aromatic carbocycles. The number of hydrogen-bond acceptors (Lipinski definition) is 5. The van der Waals surface area contributed by atoms with Crippen LogP contribution in [-0.4, -0.2) is 37.2 Å². The van der Waals surface area contributed by atoms with Gasteiger partial charge in [0.2, 0.25) is 10.0 Å². The number of carbonyl (C=O) groups excluding carboxylic acids is 2. The molecule has 34 heavy (non-hydrogen) atoms. The molecule has 1 unspecified atom stereocenters. The van der Waals surface area contributed by atoms with Gasteiger partial charge in [-0.05, 0) is 60.9 Å². The number of rotatable bonds is 6. The van der Waals surface area contributed by atoms with Crippen LogP contribution in [0, 0.1) is 0 Å². The van der Waals surface area contributed by atoms with Gasteiger partial charge in [-0.15, -0.1) is 0 Å². The van der Waals surface area contributed by atoms with Gasteiger partial charge < -0.3 is 10.1 Å². The van der Waals surface area contributed by atoms with Crippen LogP contribution >= 0.6 is 11.6 Å². The maximum atomic E-state index is 13.1. The lowest BCUT2D eigenvalue weighted by Gasteiger charge is -2.28. The fourth-order valence-electron chi connectivity index (χ4n) is 3.67. The standard InChI is InChI=1S/C25H23ClN2O5S/c1-17(24(29)27-23-9-5-4-8-22(23)26)33-25(30)19-10-12-21(13-11-19)34(31,32)28-15-14-18-6-2-3-7-20(18)16-28/h2-13,17H,14-16H2,1H3,(H,27,29). The first-order chi connectivity index (χ1) is 16.3. The molecule has 1 aliphatic rings. The van der Waals surface area contributed by atoms with E-state index in [1.165, 1.54) is 35.5 Å². The van der Waals surface area contributed by atoms with Gasteiger partial charge in [0, 0.05) is 13.1 Å². The Labute approximate surface area is 203 Å². The number of sulfonamides is 1. The Morgan fingerprint density at radius 2 is 1.62 bits per heavy atom. The molecule has 1 aliphatic heterocycles. The molecule has 0 aliphatic carbocycles. The number of para-hydroxylation sites is 1. The van der Waals surface area contributed by atoms with E-state index in [-0.39, 0.29) is 10.5 Å². The SMILES string of the molecule is CC(OC(=O)c1ccc(S(=O)(=O)N2CCc3ccccc3C2)cc1)C(=O)Nc1ccccc1Cl. The highest BCUT2D eigenvalue weighted by Crippen LogP contribution is 2.25. The highest BCUT2D eigenvalue weighted by Gasteiger charge is 2.28. The van der Waals surface area contributed by atoms with Crippen LogP contribution in [0.15, 0.2) is 77.7 Å². The summed E-state index contributed by atoms with van der Waals surface area (Å²) in [5.41, 5.74) is 2.69. The Morgan fingerprint density at radius 3 is 2.32 bits per heavy atom. The minimum absolute atomic E-state index is 0.0907. The number of halogens is 1. The predicted molar refractivity (Wildman–Crippen MR) is 129 cm³/mol. The molecule has 1 N–H and O–H groups in total. The summed E-state index contributed by atoms with van der Waals surface area (Å²) in [6, 6.07) is 20.0. The van der Waals surface area contributed by atoms with Crippen LogP contribution in [0.25, 0.3) is 0 Å². The molecule has 0 bridgehead atoms. The average molecular weight is 499 g/mol. The van der Waals surface area contributed by atoms with Gasteiger partial charge in [-0.1, -0.05) is 48.0 Å². The number of carbonyl (C=O) groups is 2. The van der Waals surface area contributed by atoms with E-state index in [1.807, 2.05) is 24.3 Å². The van der Waals surface area contributed by atoms with Crippen molar-refractivity contribution in [3.05, 3.63) is 94.5 Å². The van der Waals surface area contributed by atoms with Crippen molar-refractivity contribution in [3.8, 4) is 0 Å². The second kappa shape index (κ2) is 9.97. The zero-order valence-electron chi connectivity index (χ0n) is 18.4. The Bertz CT molecular complexity index is 1330. The van der Waals surface area contributed by atoms with Gasteiger partial charge in [-0.2, -0.15) is 4.31 Å². The lowest BCUT2D eigenvalue weighted by molar-refractivity contribution is -0.123. The topological polar surface area (TPSA) is 92.8 Å². The lowest BCUT2D eigenvalue weighted by atomic mass is 10.0. The van der Waals surface area contributed by atoms with Gasteiger partial charge in [0.1, 0.15) is 0 Å². The molecule has 0 aromatic heterocycles. The van der Waals surface area contributed by atoms with E-state index in [4.69, 9.17) is 16.3 Å². The second-order valence-corrected chi connectivity index (χ2v) is 10.2. The van der Waals surface area contributed by atoms with Crippen LogP contribution in [0.2, 0.25) is 5.02 Å². The summed E-state index contributed by atoms with van der Waals surface area (Å²) >= 11 is 6.03. The summed E-state index contributed by atoms with van der Waals surface area (Å²) < 4.78 is 32.9. The summed E-state index contributed by atoms with van der Waals surface area (Å²) in [7, 11) is -3.72. The van der Waals surface area contributed by atoms with Crippen molar-refractivity contribution in [3.63, 3.8) is 0 Å². The first kappa shape index (κ1) is 23.9. The van der Waals surface area contributed by atoms with Crippen molar-refractivity contribution in [2.24, 2.45) is 0 Å². The molecule has 7 nitrogen and oxygen atoms in total. The number of nitrogens with zero attached hydrogens (tertiary/aromatic N) is 1. The number of fused-ring (bicyclic) bond motifs is 1. The fourth-order valence-corrected chi connectivity index (χ4v) is 5.27. The molecule has 1 atom stereocenters. The second-order valence-electron chi connectivity index (χ2n) is 7.90. The fraction of sp³-hybridized carbons (Fsp3) is 0.200. The van der Waals surface area contributed by atoms with Gasteiger partial charge in [-0.25, -0.2) is 13.2 Å². The molecule has 0 fully saturated rings. The van der Waals surface area contributed by atoms with E-state index in [2.05, 4.69) is 5.32 Å². The predicted octanol–water partition coefficient (Wildman–Crippen LogP) is 4.27. The van der Waals surface area contributed by atoms with E-state index in [9.17, 15) is 18.0 Å². The van der Waals surface area contributed by atoms with Gasteiger partial charge in [0.15, 0.2) is 6.10 Å². The first-order valence-electron chi connectivity index (χ1n) is 10.7. The Hall–Kier alpha value is -3.20. The Kier molecular flexibility index (Phi) is 7.02. The van der Waals surface area contributed by atoms with Crippen LogP contribution < -0.4 is 5.32 Å². The maximum absolute atomic E-state index is 13.1. The first-order valence-corrected chi connectivity index (χ1v) is 12.5. The molecule has 0 spiro atoms. The Balaban J connectivity index is 1.40. The third kappa shape index (κ3) is 5.14. The molecule has 0 radical (unpaired) electrons. The molecule has 3 aromatic rings. The van der Waals surface area contributed by atoms with Crippen LogP contribution in [0.5, 0.6) is 0 Å². The van der Waals surface area contributed by atoms with Crippen molar-refractivity contribution in [1.29, 1.82) is 0 Å². The quantitative estimate of drug-likeness (QED) is 0.512. The molecule has 1 heterocycles. The number of benzene rings is 3. The monoisotopic (exact) mass is 498 g/mol. The molecular formula is C25H23ClN2O5S. The molecule has 9 heteroatoms. The van der Waals surface area contributed by atoms with Gasteiger partial charge in [0.25, 0.3) is 5.91 Å². The van der Waals surface area contributed by atoms with Gasteiger partial charge in [-0.3, -0.25) is 4.79 Å². The van der Waals surface area contributed by atoms with E-state index < -0.39 is 28.0 Å². The maximum Gasteiger partial charge on any atom is 0.338 e. The number of esters is 1. The summed E-state index contributed by atoms with van der Waals surface area (Å²) in [5, 5.41) is 2.97. The zero-order chi connectivity index (χ0) is 24.3. The molecule has 0 saturated carbocycles. The smallest absolute Gasteiger partial charge is 0.338 e. The highest BCUT2D eigenvalue weighted by atomic mass is 35.5. The van der Waals surface area contributed by atoms with Crippen molar-refractivity contribution in [2.75, 3.05) is 11.9 Å². The third-order valence-corrected chi connectivity index (χ3v) is 7.80. The molecule has 1 amide bonds. The van der Waals surface area contributed by atoms with E-state index in [1.54, 1.807) is 24.3 Å². The van der Waals surface area contributed by atoms with Crippen molar-refractivity contribution < 1.29 is 22.7 Å². The summed E-state index contributed by atoms with van der Waals surface area (Å²) in [6.07, 6.45) is -0.436. The zero-order valence-corrected chi connectivity index (χ0v) is 20.0. The third-order valence-electron chi connectivity index (χ3n) is 5.61. The van der Waals surface area contributed by atoms with Gasteiger partial charge in [0.05, 0.1) is 21.2 Å². The number of anilines is 1. The number of ether oxygens (including phenoxy) is 1. The van der Waals surface area contributed by atoms with Crippen molar-refractivity contribution in [2.45, 2.75) is 30.9 Å². The summed E-state index contributed by atoms with van der Waals surface area (Å²) in [5.74, 6) is -1.27. The molecule has 0 saturated heterocycles. The normalized spacial score (nSPS) is 14.6. The average Bonchev–Trinajstić information content (AvgIpc) is 2.85. The van der Waals surface area contributed by atoms with Crippen LogP contribution in [-0.2, 0) is 32.5 Å². The van der Waals surface area contributed by atoms with Crippen molar-refractivity contribution >= 4 is 39.2 Å². The minimum Gasteiger partial charge on any atom is -0.449 e. The molecule has 4 rings (SSSR count). The summed E-state index contributed by atoms with van der Waals surface area (Å²) in [6.45, 7) is 2.14. The van der Waals surface area contributed by atoms with Crippen LogP contribution in [0.1, 0.15) is 28.4 Å². The van der Waals surface area contributed by atoms with Crippen molar-refractivity contribution in [1.82, 2.24) is 4.31 Å². The van der Waals surface area contributed by atoms with E-state index in [0.29, 0.717) is 30.2 Å². The molecular weight excluding hydrogens is 476 g/mol. The lowest BCUT2D eigenvalue weighted by Crippen LogP contribution is -2.35. The Morgan fingerprint density at radius 1 is 0.971 bits per heavy atom. The number of nitrogens with one attached hydrogen (secondary N) is 1. The van der Waals surface area contributed by atoms with Crippen LogP contribution in [0.4, 0.5) is 5.69 Å². The van der Waals surface area contributed by atoms with Gasteiger partial charge >= 0.3 is 5.97 Å². The highest BCUT2D eigenvalue weighted by molar-refractivity contribution is 7.89. The van der Waals surface area contributed by atoms with E-state index in [0.717, 1.165) is 11.1 Å². The van der Waals surface area contributed by atoms with Crippen LogP contribution in [0.3, 0.4) is 0 Å². The molecule has 176 valence electrons. The minimum atomic E-state index is -3.72. The van der Waals surface area contributed by atoms with E-state index >= 15 is 0 Å². The largest absolute Gasteiger partial charge is 0.449 e. The number of amides is 1. The number of hydrogen-bond donors (Lipinski definition) is 1.